The van der Waals surface area contributed by atoms with Gasteiger partial charge in [-0.15, -0.1) is 0 Å². The lowest BCUT2D eigenvalue weighted by Gasteiger charge is -2.21. The highest BCUT2D eigenvalue weighted by atomic mass is 32.7. The Bertz CT molecular complexity index is 247. The van der Waals surface area contributed by atoms with Gasteiger partial charge in [0.05, 0.1) is 12.7 Å². The molecule has 17 heavy (non-hydrogen) atoms. The standard InChI is InChI=1S/C11H26NO3PS/c1-10(2)9-14-16(13,15-11(3)4)17-8-7-12(5)6/h10-11H,7-9H2,1-6H3. The van der Waals surface area contributed by atoms with Crippen LogP contribution in [0.3, 0.4) is 0 Å². The van der Waals surface area contributed by atoms with Gasteiger partial charge in [-0.3, -0.25) is 4.52 Å². The van der Waals surface area contributed by atoms with E-state index in [0.717, 1.165) is 12.3 Å². The summed E-state index contributed by atoms with van der Waals surface area (Å²) in [6.07, 6.45) is -0.0835. The summed E-state index contributed by atoms with van der Waals surface area (Å²) in [4.78, 5) is 2.05. The smallest absolute Gasteiger partial charge is 0.309 e. The molecule has 0 aliphatic heterocycles. The fourth-order valence-corrected chi connectivity index (χ4v) is 4.82. The molecule has 1 unspecified atom stereocenters. The molecule has 0 aliphatic carbocycles. The van der Waals surface area contributed by atoms with Gasteiger partial charge in [0.25, 0.3) is 0 Å². The van der Waals surface area contributed by atoms with Crippen LogP contribution in [0.15, 0.2) is 0 Å². The van der Waals surface area contributed by atoms with Gasteiger partial charge in [-0.2, -0.15) is 0 Å². The number of hydrogen-bond acceptors (Lipinski definition) is 5. The molecule has 0 saturated heterocycles. The summed E-state index contributed by atoms with van der Waals surface area (Å²) in [7, 11) is 3.98. The number of rotatable bonds is 9. The van der Waals surface area contributed by atoms with Crippen LogP contribution in [-0.4, -0.2) is 44.0 Å². The zero-order valence-corrected chi connectivity index (χ0v) is 13.5. The highest BCUT2D eigenvalue weighted by Crippen LogP contribution is 2.61. The van der Waals surface area contributed by atoms with Crippen LogP contribution in [0.1, 0.15) is 27.7 Å². The first-order valence-electron chi connectivity index (χ1n) is 5.97. The second-order valence-electron chi connectivity index (χ2n) is 4.93. The minimum Gasteiger partial charge on any atom is -0.309 e. The van der Waals surface area contributed by atoms with Gasteiger partial charge in [0.1, 0.15) is 0 Å². The van der Waals surface area contributed by atoms with E-state index in [0.29, 0.717) is 12.5 Å². The zero-order valence-electron chi connectivity index (χ0n) is 11.8. The number of nitrogens with zero attached hydrogens (tertiary/aromatic N) is 1. The molecule has 0 aromatic rings. The van der Waals surface area contributed by atoms with Crippen LogP contribution >= 0.6 is 18.2 Å². The van der Waals surface area contributed by atoms with Crippen LogP contribution in [0, 0.1) is 5.92 Å². The van der Waals surface area contributed by atoms with Crippen molar-refractivity contribution in [2.75, 3.05) is 33.0 Å². The van der Waals surface area contributed by atoms with Gasteiger partial charge in [0.2, 0.25) is 0 Å². The molecule has 6 heteroatoms. The van der Waals surface area contributed by atoms with Gasteiger partial charge >= 0.3 is 6.80 Å². The second-order valence-corrected chi connectivity index (χ2v) is 9.07. The summed E-state index contributed by atoms with van der Waals surface area (Å²) in [6.45, 7) is 6.15. The van der Waals surface area contributed by atoms with Crippen LogP contribution < -0.4 is 0 Å². The highest BCUT2D eigenvalue weighted by Gasteiger charge is 2.27. The third-order valence-electron chi connectivity index (χ3n) is 1.69. The maximum absolute atomic E-state index is 12.4. The predicted octanol–water partition coefficient (Wildman–Crippen LogP) is 3.49. The Labute approximate surface area is 110 Å². The third kappa shape index (κ3) is 10.1. The van der Waals surface area contributed by atoms with E-state index < -0.39 is 6.80 Å². The van der Waals surface area contributed by atoms with Crippen molar-refractivity contribution in [3.05, 3.63) is 0 Å². The quantitative estimate of drug-likeness (QED) is 0.606. The fourth-order valence-electron chi connectivity index (χ4n) is 0.932. The minimum atomic E-state index is -3.00. The maximum atomic E-state index is 12.4. The molecule has 0 amide bonds. The van der Waals surface area contributed by atoms with Crippen LogP contribution in [0.4, 0.5) is 0 Å². The lowest BCUT2D eigenvalue weighted by atomic mass is 10.2. The van der Waals surface area contributed by atoms with Crippen molar-refractivity contribution in [2.45, 2.75) is 33.8 Å². The summed E-state index contributed by atoms with van der Waals surface area (Å²) in [6, 6.07) is 0. The summed E-state index contributed by atoms with van der Waals surface area (Å²) < 4.78 is 23.3. The Hall–Kier alpha value is 0.460. The van der Waals surface area contributed by atoms with Crippen molar-refractivity contribution in [3.63, 3.8) is 0 Å². The van der Waals surface area contributed by atoms with Crippen molar-refractivity contribution < 1.29 is 13.6 Å². The van der Waals surface area contributed by atoms with Gasteiger partial charge in [-0.25, -0.2) is 4.57 Å². The summed E-state index contributed by atoms with van der Waals surface area (Å²) in [5.41, 5.74) is 0. The molecule has 0 aromatic carbocycles. The average molecular weight is 283 g/mol. The first-order chi connectivity index (χ1) is 7.75. The van der Waals surface area contributed by atoms with Crippen LogP contribution in [-0.2, 0) is 13.6 Å². The summed E-state index contributed by atoms with van der Waals surface area (Å²) in [5.74, 6) is 1.10. The molecular weight excluding hydrogens is 257 g/mol. The van der Waals surface area contributed by atoms with Gasteiger partial charge < -0.3 is 9.42 Å². The molecule has 1 atom stereocenters. The minimum absolute atomic E-state index is 0.0835. The molecule has 0 aromatic heterocycles. The van der Waals surface area contributed by atoms with Crippen molar-refractivity contribution >= 4 is 18.2 Å². The third-order valence-corrected chi connectivity index (χ3v) is 5.59. The SMILES string of the molecule is CC(C)COP(=O)(OC(C)C)SCCN(C)C. The van der Waals surface area contributed by atoms with Gasteiger partial charge in [-0.05, 0) is 45.2 Å². The average Bonchev–Trinajstić information content (AvgIpc) is 2.13. The Morgan fingerprint density at radius 2 is 1.82 bits per heavy atom. The largest absolute Gasteiger partial charge is 0.389 e. The maximum Gasteiger partial charge on any atom is 0.389 e. The van der Waals surface area contributed by atoms with Crippen LogP contribution in [0.5, 0.6) is 0 Å². The molecule has 0 fully saturated rings. The molecule has 104 valence electrons. The molecule has 4 nitrogen and oxygen atoms in total. The molecule has 0 N–H and O–H groups in total. The molecule has 0 rings (SSSR count). The van der Waals surface area contributed by atoms with Gasteiger partial charge in [-0.1, -0.05) is 13.8 Å². The monoisotopic (exact) mass is 283 g/mol. The Kier molecular flexibility index (Phi) is 8.77. The highest BCUT2D eigenvalue weighted by molar-refractivity contribution is 8.55. The van der Waals surface area contributed by atoms with E-state index in [9.17, 15) is 4.57 Å². The van der Waals surface area contributed by atoms with Crippen molar-refractivity contribution in [2.24, 2.45) is 5.92 Å². The van der Waals surface area contributed by atoms with Crippen molar-refractivity contribution in [1.82, 2.24) is 4.90 Å². The zero-order chi connectivity index (χ0) is 13.5. The van der Waals surface area contributed by atoms with E-state index >= 15 is 0 Å². The molecule has 0 bridgehead atoms. The summed E-state index contributed by atoms with van der Waals surface area (Å²) in [5, 5.41) is 0. The molecule has 0 saturated carbocycles. The Balaban J connectivity index is 4.24. The Morgan fingerprint density at radius 1 is 1.24 bits per heavy atom. The van der Waals surface area contributed by atoms with E-state index in [4.69, 9.17) is 9.05 Å². The van der Waals surface area contributed by atoms with E-state index in [1.165, 1.54) is 11.4 Å². The van der Waals surface area contributed by atoms with E-state index in [-0.39, 0.29) is 6.10 Å². The first kappa shape index (κ1) is 17.5. The molecule has 0 heterocycles. The lowest BCUT2D eigenvalue weighted by Crippen LogP contribution is -2.15. The van der Waals surface area contributed by atoms with E-state index in [1.54, 1.807) is 0 Å². The normalized spacial score (nSPS) is 15.8. The number of hydrogen-bond donors (Lipinski definition) is 0. The molecular formula is C11H26NO3PS. The molecule has 0 aliphatic rings. The van der Waals surface area contributed by atoms with Gasteiger partial charge in [0, 0.05) is 12.3 Å². The van der Waals surface area contributed by atoms with Crippen molar-refractivity contribution in [3.8, 4) is 0 Å². The lowest BCUT2D eigenvalue weighted by molar-refractivity contribution is 0.170. The van der Waals surface area contributed by atoms with Crippen LogP contribution in [0.25, 0.3) is 0 Å². The topological polar surface area (TPSA) is 38.8 Å². The Morgan fingerprint density at radius 3 is 2.24 bits per heavy atom. The first-order valence-corrected chi connectivity index (χ1v) is 9.11. The van der Waals surface area contributed by atoms with E-state index in [2.05, 4.69) is 4.90 Å². The molecule has 0 radical (unpaired) electrons. The van der Waals surface area contributed by atoms with Crippen molar-refractivity contribution in [1.29, 1.82) is 0 Å². The predicted molar refractivity (Wildman–Crippen MR) is 75.6 cm³/mol. The fraction of sp³-hybridized carbons (Fsp3) is 1.00. The summed E-state index contributed by atoms with van der Waals surface area (Å²) >= 11 is 1.29. The second kappa shape index (κ2) is 8.54. The van der Waals surface area contributed by atoms with Gasteiger partial charge in [0.15, 0.2) is 0 Å². The van der Waals surface area contributed by atoms with Crippen LogP contribution in [0.2, 0.25) is 0 Å². The van der Waals surface area contributed by atoms with E-state index in [1.807, 2.05) is 41.8 Å². The molecule has 0 spiro atoms.